The number of nitrogens with zero attached hydrogens (tertiary/aromatic N) is 4. The van der Waals surface area contributed by atoms with Gasteiger partial charge in [-0.2, -0.15) is 0 Å². The van der Waals surface area contributed by atoms with E-state index in [1.165, 1.54) is 11.1 Å². The van der Waals surface area contributed by atoms with Crippen molar-refractivity contribution in [3.63, 3.8) is 0 Å². The zero-order valence-corrected chi connectivity index (χ0v) is 17.2. The lowest BCUT2D eigenvalue weighted by atomic mass is 10.0. The zero-order chi connectivity index (χ0) is 21.1. The Balaban J connectivity index is 1.70. The van der Waals surface area contributed by atoms with Crippen LogP contribution in [0.2, 0.25) is 0 Å². The minimum Gasteiger partial charge on any atom is -0.322 e. The fourth-order valence-corrected chi connectivity index (χ4v) is 4.73. The molecular formula is C28H18N4. The summed E-state index contributed by atoms with van der Waals surface area (Å²) in [7, 11) is 0. The summed E-state index contributed by atoms with van der Waals surface area (Å²) in [4.78, 5) is 10.2. The van der Waals surface area contributed by atoms with Crippen LogP contribution >= 0.6 is 0 Å². The van der Waals surface area contributed by atoms with E-state index in [0.29, 0.717) is 0 Å². The molecule has 0 unspecified atom stereocenters. The molecule has 4 heterocycles. The Bertz CT molecular complexity index is 1770. The number of fused-ring (bicyclic) bond motifs is 6. The highest BCUT2D eigenvalue weighted by Crippen LogP contribution is 2.38. The first kappa shape index (κ1) is 17.3. The number of aromatic nitrogens is 4. The Morgan fingerprint density at radius 2 is 1.31 bits per heavy atom. The van der Waals surface area contributed by atoms with E-state index in [1.807, 2.05) is 18.2 Å². The summed E-state index contributed by atoms with van der Waals surface area (Å²) in [5, 5.41) is 1.05. The summed E-state index contributed by atoms with van der Waals surface area (Å²) in [5.74, 6) is 0.898. The quantitative estimate of drug-likeness (QED) is 0.321. The number of pyridine rings is 1. The molecule has 4 nitrogen and oxygen atoms in total. The average molecular weight is 410 g/mol. The van der Waals surface area contributed by atoms with Crippen molar-refractivity contribution in [2.75, 3.05) is 0 Å². The van der Waals surface area contributed by atoms with Crippen LogP contribution in [0.4, 0.5) is 0 Å². The maximum atomic E-state index is 5.19. The van der Waals surface area contributed by atoms with Crippen molar-refractivity contribution in [1.29, 1.82) is 0 Å². The van der Waals surface area contributed by atoms with Gasteiger partial charge < -0.3 is 4.40 Å². The summed E-state index contributed by atoms with van der Waals surface area (Å²) in [6, 6.07) is 33.4. The van der Waals surface area contributed by atoms with E-state index in [0.717, 1.165) is 44.5 Å². The smallest absolute Gasteiger partial charge is 0.149 e. The van der Waals surface area contributed by atoms with Gasteiger partial charge in [-0.05, 0) is 42.0 Å². The molecule has 32 heavy (non-hydrogen) atoms. The molecule has 0 aliphatic carbocycles. The van der Waals surface area contributed by atoms with E-state index in [4.69, 9.17) is 9.97 Å². The van der Waals surface area contributed by atoms with Crippen LogP contribution < -0.4 is 0 Å². The second-order valence-electron chi connectivity index (χ2n) is 7.99. The maximum Gasteiger partial charge on any atom is 0.149 e. The molecule has 7 rings (SSSR count). The molecule has 0 atom stereocenters. The second kappa shape index (κ2) is 6.53. The summed E-state index contributed by atoms with van der Waals surface area (Å²) in [5.41, 5.74) is 8.49. The lowest BCUT2D eigenvalue weighted by Gasteiger charge is -2.10. The molecule has 150 valence electrons. The first-order valence-corrected chi connectivity index (χ1v) is 10.7. The van der Waals surface area contributed by atoms with E-state index in [-0.39, 0.29) is 0 Å². The minimum absolute atomic E-state index is 0.898. The standard InChI is InChI=1S/C28H18N4/c1-2-10-19(11-3-1)26-21(18-31-17-9-8-16-25(26)31)28-29-22-13-5-4-12-20(22)27-30-23-14-6-7-15-24(23)32(27)28/h1-18H. The van der Waals surface area contributed by atoms with Crippen LogP contribution in [0.3, 0.4) is 0 Å². The molecule has 0 spiro atoms. The van der Waals surface area contributed by atoms with Gasteiger partial charge in [-0.15, -0.1) is 0 Å². The molecule has 0 N–H and O–H groups in total. The fraction of sp³-hybridized carbons (Fsp3) is 0. The number of benzene rings is 3. The van der Waals surface area contributed by atoms with Gasteiger partial charge in [0.1, 0.15) is 11.5 Å². The zero-order valence-electron chi connectivity index (χ0n) is 17.2. The number of hydrogen-bond acceptors (Lipinski definition) is 2. The Hall–Kier alpha value is -4.44. The Labute approximate surface area is 184 Å². The van der Waals surface area contributed by atoms with Crippen molar-refractivity contribution in [3.8, 4) is 22.5 Å². The van der Waals surface area contributed by atoms with Crippen molar-refractivity contribution in [1.82, 2.24) is 18.8 Å². The maximum absolute atomic E-state index is 5.19. The molecule has 0 aliphatic rings. The third kappa shape index (κ3) is 2.38. The van der Waals surface area contributed by atoms with Gasteiger partial charge in [-0.1, -0.05) is 60.7 Å². The molecule has 0 bridgehead atoms. The van der Waals surface area contributed by atoms with Gasteiger partial charge in [0.05, 0.1) is 22.1 Å². The highest BCUT2D eigenvalue weighted by molar-refractivity contribution is 6.01. The number of rotatable bonds is 2. The van der Waals surface area contributed by atoms with Crippen molar-refractivity contribution < 1.29 is 0 Å². The molecule has 0 saturated carbocycles. The van der Waals surface area contributed by atoms with E-state index >= 15 is 0 Å². The van der Waals surface area contributed by atoms with E-state index in [1.54, 1.807) is 0 Å². The van der Waals surface area contributed by atoms with Crippen LogP contribution in [0.15, 0.2) is 109 Å². The van der Waals surface area contributed by atoms with Crippen LogP contribution in [0.1, 0.15) is 0 Å². The summed E-state index contributed by atoms with van der Waals surface area (Å²) < 4.78 is 4.39. The fourth-order valence-electron chi connectivity index (χ4n) is 4.73. The van der Waals surface area contributed by atoms with Gasteiger partial charge in [0, 0.05) is 28.9 Å². The third-order valence-electron chi connectivity index (χ3n) is 6.13. The predicted octanol–water partition coefficient (Wildman–Crippen LogP) is 6.62. The lowest BCUT2D eigenvalue weighted by molar-refractivity contribution is 1.15. The first-order chi connectivity index (χ1) is 15.9. The number of hydrogen-bond donors (Lipinski definition) is 0. The molecule has 0 radical (unpaired) electrons. The van der Waals surface area contributed by atoms with E-state index in [9.17, 15) is 0 Å². The van der Waals surface area contributed by atoms with Crippen LogP contribution in [0, 0.1) is 0 Å². The van der Waals surface area contributed by atoms with Gasteiger partial charge in [0.15, 0.2) is 0 Å². The monoisotopic (exact) mass is 410 g/mol. The molecule has 7 aromatic rings. The van der Waals surface area contributed by atoms with Crippen LogP contribution in [-0.4, -0.2) is 18.8 Å². The summed E-state index contributed by atoms with van der Waals surface area (Å²) in [6.45, 7) is 0. The predicted molar refractivity (Wildman–Crippen MR) is 130 cm³/mol. The SMILES string of the molecule is c1ccc(-c2c(-c3nc4ccccc4c4nc5ccccc5n34)cn3ccccc23)cc1. The van der Waals surface area contributed by atoms with E-state index < -0.39 is 0 Å². The molecule has 3 aromatic carbocycles. The van der Waals surface area contributed by atoms with Gasteiger partial charge in [-0.3, -0.25) is 4.40 Å². The molecule has 0 amide bonds. The number of imidazole rings is 1. The van der Waals surface area contributed by atoms with E-state index in [2.05, 4.69) is 100 Å². The molecular weight excluding hydrogens is 392 g/mol. The van der Waals surface area contributed by atoms with Gasteiger partial charge in [0.25, 0.3) is 0 Å². The molecule has 4 heteroatoms. The van der Waals surface area contributed by atoms with Gasteiger partial charge in [0.2, 0.25) is 0 Å². The first-order valence-electron chi connectivity index (χ1n) is 10.7. The summed E-state index contributed by atoms with van der Waals surface area (Å²) in [6.07, 6.45) is 4.28. The van der Waals surface area contributed by atoms with Crippen molar-refractivity contribution in [2.45, 2.75) is 0 Å². The minimum atomic E-state index is 0.898. The Morgan fingerprint density at radius 1 is 0.594 bits per heavy atom. The van der Waals surface area contributed by atoms with Crippen LogP contribution in [-0.2, 0) is 0 Å². The van der Waals surface area contributed by atoms with Crippen LogP contribution in [0.25, 0.3) is 55.6 Å². The lowest BCUT2D eigenvalue weighted by Crippen LogP contribution is -1.98. The normalized spacial score (nSPS) is 11.8. The Kier molecular flexibility index (Phi) is 3.52. The van der Waals surface area contributed by atoms with Crippen LogP contribution in [0.5, 0.6) is 0 Å². The third-order valence-corrected chi connectivity index (χ3v) is 6.13. The molecule has 4 aromatic heterocycles. The number of para-hydroxylation sites is 3. The largest absolute Gasteiger partial charge is 0.322 e. The highest BCUT2D eigenvalue weighted by Gasteiger charge is 2.21. The second-order valence-corrected chi connectivity index (χ2v) is 7.99. The highest BCUT2D eigenvalue weighted by atomic mass is 15.1. The average Bonchev–Trinajstić information content (AvgIpc) is 3.43. The molecule has 0 saturated heterocycles. The Morgan fingerprint density at radius 3 is 2.22 bits per heavy atom. The molecule has 0 aliphatic heterocycles. The molecule has 0 fully saturated rings. The van der Waals surface area contributed by atoms with Gasteiger partial charge in [-0.25, -0.2) is 9.97 Å². The van der Waals surface area contributed by atoms with Gasteiger partial charge >= 0.3 is 0 Å². The van der Waals surface area contributed by atoms with Crippen molar-refractivity contribution >= 4 is 33.1 Å². The topological polar surface area (TPSA) is 34.6 Å². The van der Waals surface area contributed by atoms with Crippen molar-refractivity contribution in [2.24, 2.45) is 0 Å². The summed E-state index contributed by atoms with van der Waals surface area (Å²) >= 11 is 0. The van der Waals surface area contributed by atoms with Crippen molar-refractivity contribution in [3.05, 3.63) is 109 Å².